The van der Waals surface area contributed by atoms with E-state index in [9.17, 15) is 19.5 Å². The maximum Gasteiger partial charge on any atom is 0.303 e. The number of ketones is 2. The first kappa shape index (κ1) is 21.7. The zero-order chi connectivity index (χ0) is 20.2. The molecular weight excluding hydrogens is 352 g/mol. The molecule has 1 heterocycles. The number of aliphatic carboxylic acids is 1. The second-order valence-corrected chi connectivity index (χ2v) is 7.81. The normalized spacial score (nSPS) is 27.6. The summed E-state index contributed by atoms with van der Waals surface area (Å²) in [5, 5.41) is 12.6. The standard InChI is InChI=1S/C19H30N2O6/c1-13-11-14(22)19(17(26-4)16(13)25,18(2,3)12-15(23)24)20-5-6-21-7-9-27-10-8-21/h11,17,20H,5-10,12H2,1-4H3,(H,23,24). The fraction of sp³-hybridized carbons (Fsp3) is 0.737. The first-order valence-corrected chi connectivity index (χ1v) is 9.22. The number of hydrogen-bond acceptors (Lipinski definition) is 7. The summed E-state index contributed by atoms with van der Waals surface area (Å²) in [7, 11) is 1.38. The molecular formula is C19H30N2O6. The van der Waals surface area contributed by atoms with Gasteiger partial charge in [-0.1, -0.05) is 13.8 Å². The summed E-state index contributed by atoms with van der Waals surface area (Å²) >= 11 is 0. The van der Waals surface area contributed by atoms with Crippen LogP contribution in [0.2, 0.25) is 0 Å². The van der Waals surface area contributed by atoms with Crippen molar-refractivity contribution in [3.05, 3.63) is 11.6 Å². The van der Waals surface area contributed by atoms with Gasteiger partial charge < -0.3 is 19.9 Å². The Morgan fingerprint density at radius 3 is 2.59 bits per heavy atom. The van der Waals surface area contributed by atoms with Gasteiger partial charge in [0.25, 0.3) is 0 Å². The summed E-state index contributed by atoms with van der Waals surface area (Å²) in [6.45, 7) is 8.96. The van der Waals surface area contributed by atoms with E-state index in [0.717, 1.165) is 13.1 Å². The van der Waals surface area contributed by atoms with E-state index in [1.807, 2.05) is 0 Å². The highest BCUT2D eigenvalue weighted by atomic mass is 16.5. The molecule has 0 aromatic heterocycles. The van der Waals surface area contributed by atoms with Crippen LogP contribution in [0, 0.1) is 5.41 Å². The predicted octanol–water partition coefficient (Wildman–Crippen LogP) is 0.261. The number of nitrogens with one attached hydrogen (secondary N) is 1. The lowest BCUT2D eigenvalue weighted by Gasteiger charge is -2.50. The van der Waals surface area contributed by atoms with Gasteiger partial charge in [0.15, 0.2) is 11.6 Å². The lowest BCUT2D eigenvalue weighted by atomic mass is 9.61. The number of morpholine rings is 1. The number of rotatable bonds is 8. The van der Waals surface area contributed by atoms with Crippen molar-refractivity contribution in [1.29, 1.82) is 0 Å². The minimum absolute atomic E-state index is 0.274. The zero-order valence-electron chi connectivity index (χ0n) is 16.5. The van der Waals surface area contributed by atoms with Gasteiger partial charge in [0.2, 0.25) is 0 Å². The third-order valence-corrected chi connectivity index (χ3v) is 5.59. The average molecular weight is 382 g/mol. The summed E-state index contributed by atoms with van der Waals surface area (Å²) in [5.74, 6) is -1.65. The van der Waals surface area contributed by atoms with E-state index < -0.39 is 23.0 Å². The number of carboxylic acid groups (broad SMARTS) is 1. The Morgan fingerprint density at radius 1 is 1.41 bits per heavy atom. The maximum atomic E-state index is 13.2. The van der Waals surface area contributed by atoms with Crippen molar-refractivity contribution in [2.24, 2.45) is 5.41 Å². The Bertz CT molecular complexity index is 624. The van der Waals surface area contributed by atoms with Gasteiger partial charge in [-0.2, -0.15) is 0 Å². The molecule has 152 valence electrons. The number of hydrogen-bond donors (Lipinski definition) is 2. The van der Waals surface area contributed by atoms with Crippen LogP contribution in [0.1, 0.15) is 27.2 Å². The summed E-state index contributed by atoms with van der Waals surface area (Å²) in [4.78, 5) is 39.6. The topological polar surface area (TPSA) is 105 Å². The van der Waals surface area contributed by atoms with Gasteiger partial charge in [0.1, 0.15) is 11.6 Å². The van der Waals surface area contributed by atoms with Crippen LogP contribution in [-0.2, 0) is 23.9 Å². The molecule has 1 aliphatic heterocycles. The molecule has 0 aromatic rings. The molecule has 2 aliphatic rings. The van der Waals surface area contributed by atoms with Crippen LogP contribution in [0.15, 0.2) is 11.6 Å². The molecule has 0 amide bonds. The fourth-order valence-electron chi connectivity index (χ4n) is 4.06. The largest absolute Gasteiger partial charge is 0.481 e. The Morgan fingerprint density at radius 2 is 2.04 bits per heavy atom. The number of carbonyl (C=O) groups is 3. The molecule has 1 fully saturated rings. The Labute approximate surface area is 159 Å². The molecule has 2 atom stereocenters. The number of methoxy groups -OCH3 is 1. The molecule has 8 heteroatoms. The minimum Gasteiger partial charge on any atom is -0.481 e. The van der Waals surface area contributed by atoms with Crippen LogP contribution in [0.25, 0.3) is 0 Å². The van der Waals surface area contributed by atoms with E-state index in [-0.39, 0.29) is 18.0 Å². The number of carbonyl (C=O) groups excluding carboxylic acids is 2. The van der Waals surface area contributed by atoms with Crippen LogP contribution in [0.3, 0.4) is 0 Å². The molecule has 8 nitrogen and oxygen atoms in total. The average Bonchev–Trinajstić information content (AvgIpc) is 2.59. The van der Waals surface area contributed by atoms with Crippen LogP contribution in [0.5, 0.6) is 0 Å². The van der Waals surface area contributed by atoms with Crippen molar-refractivity contribution < 1.29 is 29.0 Å². The summed E-state index contributed by atoms with van der Waals surface area (Å²) in [6.07, 6.45) is -0.0407. The molecule has 2 rings (SSSR count). The second-order valence-electron chi connectivity index (χ2n) is 7.81. The predicted molar refractivity (Wildman–Crippen MR) is 98.6 cm³/mol. The molecule has 1 saturated heterocycles. The van der Waals surface area contributed by atoms with Crippen molar-refractivity contribution in [3.8, 4) is 0 Å². The highest BCUT2D eigenvalue weighted by Crippen LogP contribution is 2.42. The molecule has 2 N–H and O–H groups in total. The van der Waals surface area contributed by atoms with E-state index in [0.29, 0.717) is 31.9 Å². The summed E-state index contributed by atoms with van der Waals surface area (Å²) in [6, 6.07) is 0. The van der Waals surface area contributed by atoms with E-state index in [1.165, 1.54) is 13.2 Å². The van der Waals surface area contributed by atoms with Crippen LogP contribution in [0.4, 0.5) is 0 Å². The molecule has 0 radical (unpaired) electrons. The molecule has 0 bridgehead atoms. The van der Waals surface area contributed by atoms with Crippen molar-refractivity contribution in [2.75, 3.05) is 46.5 Å². The van der Waals surface area contributed by atoms with Gasteiger partial charge in [-0.05, 0) is 18.6 Å². The quantitative estimate of drug-likeness (QED) is 0.616. The highest BCUT2D eigenvalue weighted by Gasteiger charge is 2.60. The fourth-order valence-corrected chi connectivity index (χ4v) is 4.06. The van der Waals surface area contributed by atoms with Crippen molar-refractivity contribution in [1.82, 2.24) is 10.2 Å². The first-order valence-electron chi connectivity index (χ1n) is 9.22. The first-order chi connectivity index (χ1) is 12.7. The van der Waals surface area contributed by atoms with E-state index in [4.69, 9.17) is 9.47 Å². The Hall–Kier alpha value is -1.61. The van der Waals surface area contributed by atoms with Crippen LogP contribution < -0.4 is 5.32 Å². The number of ether oxygens (including phenoxy) is 2. The number of Topliss-reactive ketones (excluding diaryl/α,β-unsaturated/α-hetero) is 1. The highest BCUT2D eigenvalue weighted by molar-refractivity contribution is 6.16. The lowest BCUT2D eigenvalue weighted by Crippen LogP contribution is -2.72. The van der Waals surface area contributed by atoms with E-state index in [2.05, 4.69) is 10.2 Å². The molecule has 1 aliphatic carbocycles. The summed E-state index contributed by atoms with van der Waals surface area (Å²) in [5.41, 5.74) is -2.17. The third kappa shape index (κ3) is 4.29. The molecule has 0 aromatic carbocycles. The van der Waals surface area contributed by atoms with E-state index in [1.54, 1.807) is 20.8 Å². The monoisotopic (exact) mass is 382 g/mol. The van der Waals surface area contributed by atoms with Gasteiger partial charge in [-0.15, -0.1) is 0 Å². The molecule has 2 unspecified atom stereocenters. The molecule has 0 spiro atoms. The van der Waals surface area contributed by atoms with Crippen LogP contribution >= 0.6 is 0 Å². The van der Waals surface area contributed by atoms with Gasteiger partial charge in [-0.25, -0.2) is 0 Å². The number of carboxylic acids is 1. The SMILES string of the molecule is COC1C(=O)C(C)=CC(=O)C1(NCCN1CCOCC1)C(C)(C)CC(=O)O. The smallest absolute Gasteiger partial charge is 0.303 e. The van der Waals surface area contributed by atoms with Crippen molar-refractivity contribution in [2.45, 2.75) is 38.8 Å². The van der Waals surface area contributed by atoms with Gasteiger partial charge >= 0.3 is 5.97 Å². The molecule has 27 heavy (non-hydrogen) atoms. The molecule has 0 saturated carbocycles. The van der Waals surface area contributed by atoms with Crippen molar-refractivity contribution >= 4 is 17.5 Å². The zero-order valence-corrected chi connectivity index (χ0v) is 16.5. The van der Waals surface area contributed by atoms with Crippen molar-refractivity contribution in [3.63, 3.8) is 0 Å². The lowest BCUT2D eigenvalue weighted by molar-refractivity contribution is -0.154. The van der Waals surface area contributed by atoms with Gasteiger partial charge in [-0.3, -0.25) is 19.3 Å². The van der Waals surface area contributed by atoms with E-state index >= 15 is 0 Å². The Balaban J connectivity index is 2.34. The minimum atomic E-state index is -1.44. The number of nitrogens with zero attached hydrogens (tertiary/aromatic N) is 1. The summed E-state index contributed by atoms with van der Waals surface area (Å²) < 4.78 is 10.8. The van der Waals surface area contributed by atoms with Gasteiger partial charge in [0.05, 0.1) is 19.6 Å². The second kappa shape index (κ2) is 8.60. The van der Waals surface area contributed by atoms with Crippen LogP contribution in [-0.4, -0.2) is 85.7 Å². The van der Waals surface area contributed by atoms with Gasteiger partial charge in [0, 0.05) is 38.7 Å². The Kier molecular flexibility index (Phi) is 6.91. The third-order valence-electron chi connectivity index (χ3n) is 5.59. The maximum absolute atomic E-state index is 13.2.